The van der Waals surface area contributed by atoms with Crippen molar-refractivity contribution in [2.45, 2.75) is 89.8 Å². The number of nitrogens with one attached hydrogen (secondary N) is 2. The number of phenols is 1. The van der Waals surface area contributed by atoms with Gasteiger partial charge in [-0.15, -0.1) is 5.92 Å². The van der Waals surface area contributed by atoms with Crippen molar-refractivity contribution in [3.8, 4) is 23.3 Å². The van der Waals surface area contributed by atoms with Crippen molar-refractivity contribution < 1.29 is 20.1 Å². The van der Waals surface area contributed by atoms with Gasteiger partial charge in [-0.3, -0.25) is 0 Å². The number of aliphatic hydroxyl groups is 2. The van der Waals surface area contributed by atoms with E-state index in [0.717, 1.165) is 62.6 Å². The van der Waals surface area contributed by atoms with Gasteiger partial charge in [0.05, 0.1) is 24.6 Å². The Hall–Kier alpha value is -3.34. The van der Waals surface area contributed by atoms with Gasteiger partial charge in [0.25, 0.3) is 0 Å². The van der Waals surface area contributed by atoms with Crippen molar-refractivity contribution in [2.24, 2.45) is 28.9 Å². The molecule has 1 saturated carbocycles. The molecule has 5 rings (SSSR count). The Bertz CT molecular complexity index is 1320. The molecule has 0 radical (unpaired) electrons. The fourth-order valence-corrected chi connectivity index (χ4v) is 7.21. The monoisotopic (exact) mass is 587 g/mol. The van der Waals surface area contributed by atoms with E-state index in [1.165, 1.54) is 5.57 Å². The third-order valence-electron chi connectivity index (χ3n) is 10.1. The number of dihydropyridines is 1. The molecule has 7 N–H and O–H groups in total. The molecule has 2 heterocycles. The fraction of sp³-hybridized carbons (Fsp3) is 0.556. The molecule has 2 aromatic rings. The summed E-state index contributed by atoms with van der Waals surface area (Å²) in [7, 11) is 0. The van der Waals surface area contributed by atoms with E-state index in [9.17, 15) is 15.3 Å². The number of ether oxygens (including phenoxy) is 1. The maximum absolute atomic E-state index is 11.3. The van der Waals surface area contributed by atoms with Crippen LogP contribution in [0.25, 0.3) is 0 Å². The highest BCUT2D eigenvalue weighted by atomic mass is 16.5. The molecule has 0 amide bonds. The van der Waals surface area contributed by atoms with Gasteiger partial charge in [-0.05, 0) is 111 Å². The van der Waals surface area contributed by atoms with E-state index in [1.807, 2.05) is 30.5 Å². The molecule has 0 unspecified atom stereocenters. The third-order valence-corrected chi connectivity index (χ3v) is 10.1. The minimum absolute atomic E-state index is 0.0767. The van der Waals surface area contributed by atoms with Gasteiger partial charge in [-0.1, -0.05) is 31.4 Å². The molecule has 0 spiro atoms. The molecule has 1 aliphatic heterocycles. The molecule has 43 heavy (non-hydrogen) atoms. The second kappa shape index (κ2) is 14.4. The van der Waals surface area contributed by atoms with Crippen LogP contribution in [0.15, 0.2) is 60.1 Å². The Balaban J connectivity index is 1.19. The standard InChI is InChI=1S/C36H49N3O4/c1-2-36-16-3-6-26(13-18-36)35(42)30(8-4-17-36)31(40)11-9-25-10-12-32(41)33(22-25)43-21-15-28(23-29-7-5-19-38-29)27-14-20-39-34(37)24-27/h5,7,10,12,14,19,22,24,26,28,30-31,35,38-42H,2-3,6,8-9,11,13,15-16,18,20-21,23,37H2,1H3/t26-,28+,30+,31+,35-,36-/m0/s1. The first-order valence-corrected chi connectivity index (χ1v) is 16.2. The molecule has 1 aromatic carbocycles. The summed E-state index contributed by atoms with van der Waals surface area (Å²) in [6.07, 6.45) is 14.5. The van der Waals surface area contributed by atoms with Crippen molar-refractivity contribution in [3.05, 3.63) is 71.3 Å². The van der Waals surface area contributed by atoms with E-state index >= 15 is 0 Å². The highest BCUT2D eigenvalue weighted by molar-refractivity contribution is 5.42. The van der Waals surface area contributed by atoms with Crippen LogP contribution >= 0.6 is 0 Å². The lowest BCUT2D eigenvalue weighted by atomic mass is 9.78. The number of nitrogens with two attached hydrogens (primary N) is 1. The molecule has 7 heteroatoms. The van der Waals surface area contributed by atoms with Crippen molar-refractivity contribution in [1.29, 1.82) is 0 Å². The lowest BCUT2D eigenvalue weighted by Gasteiger charge is -2.31. The number of aliphatic hydroxyl groups excluding tert-OH is 2. The number of hydrogen-bond donors (Lipinski definition) is 6. The van der Waals surface area contributed by atoms with Crippen molar-refractivity contribution in [2.75, 3.05) is 13.2 Å². The quantitative estimate of drug-likeness (QED) is 0.187. The highest BCUT2D eigenvalue weighted by Crippen LogP contribution is 2.43. The lowest BCUT2D eigenvalue weighted by molar-refractivity contribution is -0.0231. The lowest BCUT2D eigenvalue weighted by Crippen LogP contribution is -2.37. The summed E-state index contributed by atoms with van der Waals surface area (Å²) in [6, 6.07) is 9.51. The largest absolute Gasteiger partial charge is 0.504 e. The van der Waals surface area contributed by atoms with Crippen LogP contribution in [0.3, 0.4) is 0 Å². The average Bonchev–Trinajstić information content (AvgIpc) is 3.45. The SMILES string of the molecule is CC[C@@]12C#CC[C@H]([C@H](O)CCc3ccc(O)c(OCC[C@H](Cc4ccc[nH]4)C4=CCNC(N)=C4)c3)[C@@H](O)[C@@H](CCC1)CC2. The van der Waals surface area contributed by atoms with Gasteiger partial charge in [0.15, 0.2) is 11.5 Å². The van der Waals surface area contributed by atoms with Gasteiger partial charge in [-0.2, -0.15) is 0 Å². The van der Waals surface area contributed by atoms with Gasteiger partial charge in [0.2, 0.25) is 0 Å². The number of aromatic amines is 1. The molecular weight excluding hydrogens is 538 g/mol. The zero-order chi connectivity index (χ0) is 30.2. The summed E-state index contributed by atoms with van der Waals surface area (Å²) in [5, 5.41) is 36.3. The predicted octanol–water partition coefficient (Wildman–Crippen LogP) is 5.33. The topological polar surface area (TPSA) is 124 Å². The van der Waals surface area contributed by atoms with Crippen molar-refractivity contribution in [1.82, 2.24) is 10.3 Å². The molecule has 1 aromatic heterocycles. The Morgan fingerprint density at radius 1 is 1.19 bits per heavy atom. The molecule has 232 valence electrons. The fourth-order valence-electron chi connectivity index (χ4n) is 7.21. The number of rotatable bonds is 12. The van der Waals surface area contributed by atoms with Gasteiger partial charge in [-0.25, -0.2) is 0 Å². The summed E-state index contributed by atoms with van der Waals surface area (Å²) in [4.78, 5) is 3.30. The first-order chi connectivity index (χ1) is 20.9. The van der Waals surface area contributed by atoms with E-state index in [-0.39, 0.29) is 28.9 Å². The molecule has 0 saturated heterocycles. The number of aryl methyl sites for hydroxylation is 1. The van der Waals surface area contributed by atoms with Crippen LogP contribution in [0.1, 0.15) is 76.0 Å². The second-order valence-corrected chi connectivity index (χ2v) is 12.8. The number of phenolic OH excluding ortho intramolecular Hbond substituents is 1. The van der Waals surface area contributed by atoms with E-state index in [2.05, 4.69) is 41.2 Å². The molecule has 2 bridgehead atoms. The average molecular weight is 588 g/mol. The number of hydrogen-bond acceptors (Lipinski definition) is 6. The van der Waals surface area contributed by atoms with Crippen LogP contribution in [0.2, 0.25) is 0 Å². The number of aromatic nitrogens is 1. The zero-order valence-corrected chi connectivity index (χ0v) is 25.5. The Morgan fingerprint density at radius 3 is 2.86 bits per heavy atom. The first kappa shape index (κ1) is 31.1. The van der Waals surface area contributed by atoms with Gasteiger partial charge < -0.3 is 36.1 Å². The zero-order valence-electron chi connectivity index (χ0n) is 25.5. The van der Waals surface area contributed by atoms with Gasteiger partial charge in [0, 0.05) is 36.2 Å². The molecule has 6 atom stereocenters. The second-order valence-electron chi connectivity index (χ2n) is 12.8. The van der Waals surface area contributed by atoms with Crippen LogP contribution < -0.4 is 15.8 Å². The first-order valence-electron chi connectivity index (χ1n) is 16.2. The van der Waals surface area contributed by atoms with E-state index in [0.29, 0.717) is 44.0 Å². The van der Waals surface area contributed by atoms with E-state index < -0.39 is 12.2 Å². The minimum Gasteiger partial charge on any atom is -0.504 e. The summed E-state index contributed by atoms with van der Waals surface area (Å²) >= 11 is 0. The molecule has 2 aliphatic carbocycles. The Labute approximate surface area is 256 Å². The Kier molecular flexibility index (Phi) is 10.4. The van der Waals surface area contributed by atoms with Gasteiger partial charge in [0.1, 0.15) is 0 Å². The molecule has 7 nitrogen and oxygen atoms in total. The number of allylic oxidation sites excluding steroid dienone is 2. The normalized spacial score (nSPS) is 26.7. The number of H-pyrrole nitrogens is 1. The van der Waals surface area contributed by atoms with E-state index in [4.69, 9.17) is 10.5 Å². The predicted molar refractivity (Wildman–Crippen MR) is 170 cm³/mol. The third kappa shape index (κ3) is 7.99. The molecule has 3 aliphatic rings. The smallest absolute Gasteiger partial charge is 0.161 e. The highest BCUT2D eigenvalue weighted by Gasteiger charge is 2.38. The van der Waals surface area contributed by atoms with Gasteiger partial charge >= 0.3 is 0 Å². The number of aromatic hydroxyl groups is 1. The maximum Gasteiger partial charge on any atom is 0.161 e. The molecular formula is C36H49N3O4. The minimum atomic E-state index is -0.647. The summed E-state index contributed by atoms with van der Waals surface area (Å²) in [5.41, 5.74) is 9.45. The van der Waals surface area contributed by atoms with Crippen molar-refractivity contribution in [3.63, 3.8) is 0 Å². The van der Waals surface area contributed by atoms with Crippen molar-refractivity contribution >= 4 is 0 Å². The number of benzene rings is 1. The number of fused-ring (bicyclic) bond motifs is 3. The summed E-state index contributed by atoms with van der Waals surface area (Å²) < 4.78 is 6.12. The van der Waals surface area contributed by atoms with Crippen LogP contribution in [0.5, 0.6) is 11.5 Å². The van der Waals surface area contributed by atoms with Crippen LogP contribution in [-0.4, -0.2) is 45.7 Å². The van der Waals surface area contributed by atoms with Crippen LogP contribution in [0.4, 0.5) is 0 Å². The van der Waals surface area contributed by atoms with E-state index in [1.54, 1.807) is 6.07 Å². The summed E-state index contributed by atoms with van der Waals surface area (Å²) in [6.45, 7) is 3.38. The summed E-state index contributed by atoms with van der Waals surface area (Å²) in [5.74, 6) is 8.37. The maximum atomic E-state index is 11.3. The Morgan fingerprint density at radius 2 is 2.07 bits per heavy atom. The van der Waals surface area contributed by atoms with Crippen LogP contribution in [0, 0.1) is 35.0 Å². The van der Waals surface area contributed by atoms with Crippen LogP contribution in [-0.2, 0) is 12.8 Å². The molecule has 1 fully saturated rings.